The third-order valence-electron chi connectivity index (χ3n) is 12.1. The predicted octanol–water partition coefficient (Wildman–Crippen LogP) is 6.17. The maximum absolute atomic E-state index is 13.1. The Labute approximate surface area is 421 Å². The normalized spacial score (nSPS) is 14.2. The number of fused-ring (bicyclic) bond motifs is 2. The third-order valence-corrected chi connectivity index (χ3v) is 12.9. The van der Waals surface area contributed by atoms with E-state index in [1.165, 1.54) is 26.0 Å². The third kappa shape index (κ3) is 12.5. The van der Waals surface area contributed by atoms with Gasteiger partial charge >= 0.3 is 0 Å². The number of hydrogen-bond acceptors (Lipinski definition) is 16. The number of pyridine rings is 2. The second-order valence-corrected chi connectivity index (χ2v) is 17.3. The van der Waals surface area contributed by atoms with Crippen molar-refractivity contribution in [3.63, 3.8) is 0 Å². The van der Waals surface area contributed by atoms with Crippen LogP contribution in [0.5, 0.6) is 0 Å². The number of carbonyl (C=O) groups excluding carboxylic acids is 2. The topological polar surface area (TPSA) is 234 Å². The van der Waals surface area contributed by atoms with E-state index in [0.717, 1.165) is 64.1 Å². The van der Waals surface area contributed by atoms with Crippen LogP contribution < -0.4 is 15.5 Å². The zero-order valence-electron chi connectivity index (χ0n) is 40.0. The number of nitrogens with zero attached hydrogens (tertiary/aromatic N) is 13. The number of amides is 2. The minimum absolute atomic E-state index is 0. The van der Waals surface area contributed by atoms with E-state index < -0.39 is 5.97 Å². The number of carbonyl (C=O) groups is 2. The number of aryl methyl sites for hydroxylation is 3. The number of aromatic nitrogens is 8. The van der Waals surface area contributed by atoms with Crippen LogP contribution in [0.2, 0.25) is 10.0 Å². The van der Waals surface area contributed by atoms with Gasteiger partial charge in [0.25, 0.3) is 5.97 Å². The number of halogens is 2. The quantitative estimate of drug-likeness (QED) is 0.0485. The van der Waals surface area contributed by atoms with Crippen LogP contribution in [0.3, 0.4) is 0 Å². The van der Waals surface area contributed by atoms with Gasteiger partial charge in [0, 0.05) is 121 Å². The van der Waals surface area contributed by atoms with Gasteiger partial charge in [0.05, 0.1) is 10.8 Å². The van der Waals surface area contributed by atoms with Gasteiger partial charge in [-0.2, -0.15) is 15.2 Å². The Morgan fingerprint density at radius 1 is 0.732 bits per heavy atom. The fourth-order valence-corrected chi connectivity index (χ4v) is 8.06. The predicted molar refractivity (Wildman–Crippen MR) is 272 cm³/mol. The van der Waals surface area contributed by atoms with E-state index in [2.05, 4.69) is 57.4 Å². The maximum Gasteiger partial charge on any atom is 0.279 e. The molecule has 23 heteroatoms. The summed E-state index contributed by atoms with van der Waals surface area (Å²) in [7, 11) is 4.56. The lowest BCUT2D eigenvalue weighted by Gasteiger charge is -2.36. The van der Waals surface area contributed by atoms with Gasteiger partial charge in [-0.05, 0) is 85.6 Å². The van der Waals surface area contributed by atoms with Crippen molar-refractivity contribution in [2.45, 2.75) is 54.2 Å². The molecule has 9 rings (SSSR count). The van der Waals surface area contributed by atoms with Crippen LogP contribution in [0.1, 0.15) is 37.1 Å². The maximum atomic E-state index is 13.1. The van der Waals surface area contributed by atoms with E-state index in [0.29, 0.717) is 66.0 Å². The highest BCUT2D eigenvalue weighted by atomic mass is 35.5. The number of methoxy groups -OCH3 is 3. The van der Waals surface area contributed by atoms with Gasteiger partial charge in [-0.15, -0.1) is 0 Å². The minimum Gasteiger partial charge on any atom is -0.409 e. The number of nitrogens with two attached hydrogens (primary N) is 1. The SMILES string of the molecule is C.COC(C)(OC)OC.Cc1cc(N2CCN(C(=O)Cn3nc(/C(N)=N/O)c4cccnc43)CC2)ccc1Cl.Cc1nc(-c2nn(CC(=O)N3CCN(c4ccc(Cl)c(C)c4)CC3)c3ncccc23)no1. The lowest BCUT2D eigenvalue weighted by Crippen LogP contribution is -2.49. The van der Waals surface area contributed by atoms with Crippen molar-refractivity contribution in [2.75, 3.05) is 83.5 Å². The lowest BCUT2D eigenvalue weighted by atomic mass is 10.2. The smallest absolute Gasteiger partial charge is 0.279 e. The Balaban J connectivity index is 0.000000200. The molecule has 2 saturated heterocycles. The Morgan fingerprint density at radius 2 is 1.20 bits per heavy atom. The molecular weight excluding hydrogens is 956 g/mol. The van der Waals surface area contributed by atoms with Crippen LogP contribution in [-0.4, -0.2) is 152 Å². The van der Waals surface area contributed by atoms with E-state index in [4.69, 9.17) is 52.9 Å². The number of ether oxygens (including phenoxy) is 3. The van der Waals surface area contributed by atoms with Gasteiger partial charge in [-0.1, -0.05) is 40.9 Å². The van der Waals surface area contributed by atoms with Crippen LogP contribution in [0, 0.1) is 20.8 Å². The first-order valence-electron chi connectivity index (χ1n) is 22.3. The summed E-state index contributed by atoms with van der Waals surface area (Å²) in [6, 6.07) is 19.2. The molecule has 0 unspecified atom stereocenters. The van der Waals surface area contributed by atoms with Gasteiger partial charge in [-0.25, -0.2) is 19.3 Å². The average molecular weight is 1020 g/mol. The molecule has 2 fully saturated rings. The van der Waals surface area contributed by atoms with Crippen molar-refractivity contribution in [3.8, 4) is 11.5 Å². The standard InChI is InChI=1S/C22H22ClN7O2.C20H22ClN7O2.C5H12O3.CH4/c1-14-12-16(5-6-18(14)23)28-8-10-29(11-9-28)19(31)13-30-22-17(4-3-7-24-22)20(26-30)21-25-15(2)32-27-21;1-13-11-14(4-5-16(13)21)26-7-9-27(10-8-26)17(29)12-28-20-15(3-2-6-23-20)18(24-28)19(22)25-30;1-5(6-2,7-3)8-4;/h3-7,12H,8-11,13H2,1-2H3;2-6,11,30H,7-10,12H2,1H3,(H2,22,25);1-4H3;1H4. The fourth-order valence-electron chi connectivity index (χ4n) is 7.82. The van der Waals surface area contributed by atoms with Crippen molar-refractivity contribution >= 4 is 74.3 Å². The van der Waals surface area contributed by atoms with E-state index >= 15 is 0 Å². The highest BCUT2D eigenvalue weighted by Crippen LogP contribution is 2.27. The molecule has 71 heavy (non-hydrogen) atoms. The summed E-state index contributed by atoms with van der Waals surface area (Å²) < 4.78 is 22.6. The molecule has 5 aromatic heterocycles. The monoisotopic (exact) mass is 1010 g/mol. The summed E-state index contributed by atoms with van der Waals surface area (Å²) in [5.41, 5.74) is 12.0. The van der Waals surface area contributed by atoms with E-state index in [9.17, 15) is 9.59 Å². The molecule has 0 spiro atoms. The fraction of sp³-hybridized carbons (Fsp3) is 0.396. The molecule has 7 heterocycles. The number of anilines is 2. The van der Waals surface area contributed by atoms with Crippen molar-refractivity contribution < 1.29 is 33.5 Å². The van der Waals surface area contributed by atoms with E-state index in [-0.39, 0.29) is 38.2 Å². The molecular formula is C48H60Cl2N14O7. The summed E-state index contributed by atoms with van der Waals surface area (Å²) in [6.45, 7) is 13.0. The average Bonchev–Trinajstić information content (AvgIpc) is 4.10. The zero-order chi connectivity index (χ0) is 50.1. The Hall–Kier alpha value is -6.91. The molecule has 21 nitrogen and oxygen atoms in total. The summed E-state index contributed by atoms with van der Waals surface area (Å²) >= 11 is 12.3. The molecule has 0 atom stereocenters. The van der Waals surface area contributed by atoms with Gasteiger partial charge in [-0.3, -0.25) is 9.59 Å². The number of benzene rings is 2. The van der Waals surface area contributed by atoms with Crippen LogP contribution in [0.15, 0.2) is 82.7 Å². The number of rotatable bonds is 11. The molecule has 0 radical (unpaired) electrons. The van der Waals surface area contributed by atoms with Crippen LogP contribution in [-0.2, 0) is 36.9 Å². The number of hydrogen-bond donors (Lipinski definition) is 2. The van der Waals surface area contributed by atoms with Crippen molar-refractivity contribution in [2.24, 2.45) is 10.9 Å². The summed E-state index contributed by atoms with van der Waals surface area (Å²) in [5, 5.41) is 27.8. The highest BCUT2D eigenvalue weighted by Gasteiger charge is 2.26. The molecule has 0 saturated carbocycles. The van der Waals surface area contributed by atoms with Crippen molar-refractivity contribution in [1.29, 1.82) is 0 Å². The molecule has 378 valence electrons. The van der Waals surface area contributed by atoms with Crippen LogP contribution in [0.25, 0.3) is 33.6 Å². The first kappa shape index (κ1) is 53.4. The summed E-state index contributed by atoms with van der Waals surface area (Å²) in [5.74, 6) is -0.202. The molecule has 3 N–H and O–H groups in total. The Bertz CT molecular complexity index is 2950. The van der Waals surface area contributed by atoms with Crippen LogP contribution in [0.4, 0.5) is 11.4 Å². The molecule has 2 amide bonds. The van der Waals surface area contributed by atoms with Gasteiger partial charge in [0.1, 0.15) is 24.5 Å². The number of oxime groups is 1. The lowest BCUT2D eigenvalue weighted by molar-refractivity contribution is -0.340. The van der Waals surface area contributed by atoms with Crippen molar-refractivity contribution in [3.05, 3.63) is 106 Å². The Morgan fingerprint density at radius 3 is 1.62 bits per heavy atom. The van der Waals surface area contributed by atoms with Gasteiger partial charge in [0.2, 0.25) is 23.5 Å². The molecule has 2 aliphatic heterocycles. The molecule has 2 aliphatic rings. The van der Waals surface area contributed by atoms with E-state index in [1.54, 1.807) is 43.1 Å². The molecule has 0 bridgehead atoms. The number of piperazine rings is 2. The summed E-state index contributed by atoms with van der Waals surface area (Å²) in [6.07, 6.45) is 3.30. The first-order valence-corrected chi connectivity index (χ1v) is 23.1. The van der Waals surface area contributed by atoms with Gasteiger partial charge < -0.3 is 49.3 Å². The first-order chi connectivity index (χ1) is 33.6. The second kappa shape index (κ2) is 23.8. The van der Waals surface area contributed by atoms with E-state index in [1.807, 2.05) is 60.0 Å². The Kier molecular flexibility index (Phi) is 17.9. The number of amidine groups is 1. The molecule has 2 aromatic carbocycles. The largest absolute Gasteiger partial charge is 0.409 e. The van der Waals surface area contributed by atoms with Gasteiger partial charge in [0.15, 0.2) is 17.1 Å². The minimum atomic E-state index is -0.875. The molecule has 0 aliphatic carbocycles. The molecule has 7 aromatic rings. The summed E-state index contributed by atoms with van der Waals surface area (Å²) in [4.78, 5) is 47.1. The zero-order valence-corrected chi connectivity index (χ0v) is 41.6. The highest BCUT2D eigenvalue weighted by molar-refractivity contribution is 6.31. The van der Waals surface area contributed by atoms with Crippen LogP contribution >= 0.6 is 23.2 Å². The second-order valence-electron chi connectivity index (χ2n) is 16.5. The van der Waals surface area contributed by atoms with Crippen molar-refractivity contribution in [1.82, 2.24) is 49.5 Å².